The van der Waals surface area contributed by atoms with Gasteiger partial charge in [-0.15, -0.1) is 0 Å². The lowest BCUT2D eigenvalue weighted by atomic mass is 9.92. The van der Waals surface area contributed by atoms with Gasteiger partial charge in [0.2, 0.25) is 11.8 Å². The zero-order valence-electron chi connectivity index (χ0n) is 18.4. The highest BCUT2D eigenvalue weighted by molar-refractivity contribution is 9.10. The summed E-state index contributed by atoms with van der Waals surface area (Å²) in [4.78, 5) is 9.16. The molecule has 34 heavy (non-hydrogen) atoms. The number of hydrogen-bond donors (Lipinski definition) is 5. The molecule has 0 unspecified atom stereocenters. The van der Waals surface area contributed by atoms with Gasteiger partial charge in [0.15, 0.2) is 11.5 Å². The minimum absolute atomic E-state index is 0.0399. The van der Waals surface area contributed by atoms with Crippen LogP contribution in [0.1, 0.15) is 12.8 Å². The van der Waals surface area contributed by atoms with Crippen molar-refractivity contribution in [3.8, 4) is 11.5 Å². The SMILES string of the molecule is COc1cc2c(Nc3ccc(Br)cc3F)ncnc2cc1OCC1CC(O)(O)N(C)C(O)(O)C1. The lowest BCUT2D eigenvalue weighted by Crippen LogP contribution is -2.64. The molecule has 0 bridgehead atoms. The van der Waals surface area contributed by atoms with Crippen LogP contribution in [0.15, 0.2) is 41.1 Å². The van der Waals surface area contributed by atoms with Gasteiger partial charge in [-0.25, -0.2) is 19.3 Å². The van der Waals surface area contributed by atoms with Crippen LogP contribution in [0, 0.1) is 11.7 Å². The third kappa shape index (κ3) is 4.92. The standard InChI is InChI=1S/C22H24BrFN4O6/c1-28-21(29,30)8-12(9-22(28,31)32)10-34-19-7-17-14(6-18(19)33-2)20(26-11-25-17)27-16-4-3-13(23)5-15(16)24/h3-7,11-12,29-32H,8-10H2,1-2H3,(H,25,26,27). The monoisotopic (exact) mass is 538 g/mol. The Morgan fingerprint density at radius 2 is 1.82 bits per heavy atom. The number of anilines is 2. The number of nitrogens with one attached hydrogen (secondary N) is 1. The summed E-state index contributed by atoms with van der Waals surface area (Å²) in [7, 11) is 2.66. The van der Waals surface area contributed by atoms with E-state index in [2.05, 4.69) is 31.2 Å². The van der Waals surface area contributed by atoms with Gasteiger partial charge in [-0.1, -0.05) is 15.9 Å². The van der Waals surface area contributed by atoms with E-state index in [1.165, 1.54) is 26.6 Å². The van der Waals surface area contributed by atoms with Crippen molar-refractivity contribution in [2.75, 3.05) is 26.1 Å². The topological polar surface area (TPSA) is 140 Å². The number of methoxy groups -OCH3 is 1. The first-order chi connectivity index (χ1) is 16.0. The van der Waals surface area contributed by atoms with Gasteiger partial charge in [-0.3, -0.25) is 0 Å². The van der Waals surface area contributed by atoms with Gasteiger partial charge in [0, 0.05) is 34.7 Å². The molecule has 182 valence electrons. The molecular weight excluding hydrogens is 515 g/mol. The first kappa shape index (κ1) is 24.5. The Hall–Kier alpha value is -2.61. The molecule has 12 heteroatoms. The smallest absolute Gasteiger partial charge is 0.229 e. The van der Waals surface area contributed by atoms with Gasteiger partial charge in [0.25, 0.3) is 0 Å². The maximum Gasteiger partial charge on any atom is 0.229 e. The number of hydrogen-bond acceptors (Lipinski definition) is 10. The molecule has 1 aromatic heterocycles. The van der Waals surface area contributed by atoms with Crippen LogP contribution in [0.4, 0.5) is 15.9 Å². The Morgan fingerprint density at radius 1 is 1.12 bits per heavy atom. The van der Waals surface area contributed by atoms with E-state index in [0.29, 0.717) is 37.6 Å². The number of fused-ring (bicyclic) bond motifs is 1. The van der Waals surface area contributed by atoms with E-state index in [-0.39, 0.29) is 25.1 Å². The van der Waals surface area contributed by atoms with Crippen molar-refractivity contribution in [1.82, 2.24) is 14.9 Å². The van der Waals surface area contributed by atoms with Crippen molar-refractivity contribution in [2.45, 2.75) is 24.7 Å². The highest BCUT2D eigenvalue weighted by Crippen LogP contribution is 2.38. The minimum atomic E-state index is -2.40. The molecule has 0 radical (unpaired) electrons. The molecule has 0 aliphatic carbocycles. The first-order valence-electron chi connectivity index (χ1n) is 10.3. The fraction of sp³-hybridized carbons (Fsp3) is 0.364. The number of piperidine rings is 1. The van der Waals surface area contributed by atoms with E-state index in [0.717, 1.165) is 0 Å². The molecule has 1 aliphatic heterocycles. The number of aliphatic hydroxyl groups is 4. The van der Waals surface area contributed by atoms with E-state index < -0.39 is 23.6 Å². The van der Waals surface area contributed by atoms with E-state index >= 15 is 0 Å². The molecule has 0 atom stereocenters. The van der Waals surface area contributed by atoms with E-state index in [4.69, 9.17) is 9.47 Å². The average Bonchev–Trinajstić information content (AvgIpc) is 2.77. The highest BCUT2D eigenvalue weighted by atomic mass is 79.9. The minimum Gasteiger partial charge on any atom is -0.493 e. The predicted molar refractivity (Wildman–Crippen MR) is 124 cm³/mol. The molecule has 0 spiro atoms. The van der Waals surface area contributed by atoms with E-state index in [9.17, 15) is 24.8 Å². The Balaban J connectivity index is 1.59. The number of benzene rings is 2. The molecule has 4 rings (SSSR count). The molecule has 2 heterocycles. The normalized spacial score (nSPS) is 18.1. The molecule has 3 aromatic rings. The number of ether oxygens (including phenoxy) is 2. The Kier molecular flexibility index (Phi) is 6.64. The van der Waals surface area contributed by atoms with Crippen LogP contribution in [-0.2, 0) is 0 Å². The van der Waals surface area contributed by atoms with Crippen molar-refractivity contribution in [1.29, 1.82) is 0 Å². The molecule has 0 saturated carbocycles. The van der Waals surface area contributed by atoms with Crippen LogP contribution < -0.4 is 14.8 Å². The molecule has 1 aliphatic rings. The summed E-state index contributed by atoms with van der Waals surface area (Å²) < 4.78 is 26.2. The van der Waals surface area contributed by atoms with Crippen LogP contribution in [0.3, 0.4) is 0 Å². The third-order valence-electron chi connectivity index (χ3n) is 5.78. The molecule has 0 amide bonds. The Bertz CT molecular complexity index is 1190. The van der Waals surface area contributed by atoms with Gasteiger partial charge in [0.1, 0.15) is 18.0 Å². The van der Waals surface area contributed by atoms with Gasteiger partial charge >= 0.3 is 0 Å². The quantitative estimate of drug-likeness (QED) is 0.297. The average molecular weight is 539 g/mol. The summed E-state index contributed by atoms with van der Waals surface area (Å²) in [5.74, 6) is -4.83. The molecule has 2 aromatic carbocycles. The zero-order chi connectivity index (χ0) is 24.7. The van der Waals surface area contributed by atoms with Gasteiger partial charge < -0.3 is 35.2 Å². The van der Waals surface area contributed by atoms with Gasteiger partial charge in [0.05, 0.1) is 24.9 Å². The summed E-state index contributed by atoms with van der Waals surface area (Å²) >= 11 is 3.23. The number of nitrogens with zero attached hydrogens (tertiary/aromatic N) is 3. The Morgan fingerprint density at radius 3 is 2.47 bits per heavy atom. The fourth-order valence-corrected chi connectivity index (χ4v) is 4.22. The summed E-state index contributed by atoms with van der Waals surface area (Å²) in [6.07, 6.45) is 1.01. The lowest BCUT2D eigenvalue weighted by molar-refractivity contribution is -0.406. The second-order valence-electron chi connectivity index (χ2n) is 8.18. The largest absolute Gasteiger partial charge is 0.493 e. The lowest BCUT2D eigenvalue weighted by Gasteiger charge is -2.47. The van der Waals surface area contributed by atoms with Crippen molar-refractivity contribution in [3.63, 3.8) is 0 Å². The maximum absolute atomic E-state index is 14.3. The number of rotatable bonds is 6. The van der Waals surface area contributed by atoms with Crippen molar-refractivity contribution >= 4 is 38.3 Å². The summed E-state index contributed by atoms with van der Waals surface area (Å²) in [5, 5.41) is 43.9. The maximum atomic E-state index is 14.3. The zero-order valence-corrected chi connectivity index (χ0v) is 20.0. The van der Waals surface area contributed by atoms with Crippen LogP contribution in [0.25, 0.3) is 10.9 Å². The van der Waals surface area contributed by atoms with Crippen molar-refractivity contribution < 1.29 is 34.3 Å². The van der Waals surface area contributed by atoms with E-state index in [1.54, 1.807) is 24.3 Å². The van der Waals surface area contributed by atoms with Gasteiger partial charge in [-0.05, 0) is 31.3 Å². The van der Waals surface area contributed by atoms with E-state index in [1.807, 2.05) is 0 Å². The number of aromatic nitrogens is 2. The van der Waals surface area contributed by atoms with Crippen LogP contribution in [-0.4, -0.2) is 67.9 Å². The second kappa shape index (κ2) is 9.21. The summed E-state index contributed by atoms with van der Waals surface area (Å²) in [6.45, 7) is -0.0399. The third-order valence-corrected chi connectivity index (χ3v) is 6.27. The van der Waals surface area contributed by atoms with Crippen LogP contribution in [0.5, 0.6) is 11.5 Å². The van der Waals surface area contributed by atoms with Crippen molar-refractivity contribution in [2.24, 2.45) is 5.92 Å². The molecule has 5 N–H and O–H groups in total. The van der Waals surface area contributed by atoms with Crippen LogP contribution >= 0.6 is 15.9 Å². The molecule has 1 saturated heterocycles. The number of halogens is 2. The van der Waals surface area contributed by atoms with Crippen LogP contribution in [0.2, 0.25) is 0 Å². The van der Waals surface area contributed by atoms with Crippen molar-refractivity contribution in [3.05, 3.63) is 46.9 Å². The molecular formula is C22H24BrFN4O6. The Labute approximate surface area is 202 Å². The summed E-state index contributed by atoms with van der Waals surface area (Å²) in [6, 6.07) is 7.87. The van der Waals surface area contributed by atoms with Gasteiger partial charge in [-0.2, -0.15) is 0 Å². The fourth-order valence-electron chi connectivity index (χ4n) is 3.89. The highest BCUT2D eigenvalue weighted by Gasteiger charge is 2.50. The first-order valence-corrected chi connectivity index (χ1v) is 11.1. The number of likely N-dealkylation sites (tertiary alicyclic amines) is 1. The predicted octanol–water partition coefficient (Wildman–Crippen LogP) is 2.28. The second-order valence-corrected chi connectivity index (χ2v) is 9.10. The molecule has 1 fully saturated rings. The summed E-state index contributed by atoms with van der Waals surface area (Å²) in [5.41, 5.74) is 0.726. The molecule has 10 nitrogen and oxygen atoms in total.